The van der Waals surface area contributed by atoms with Crippen LogP contribution in [-0.2, 0) is 0 Å². The van der Waals surface area contributed by atoms with Crippen molar-refractivity contribution in [3.05, 3.63) is 64.2 Å². The lowest BCUT2D eigenvalue weighted by Crippen LogP contribution is -1.99. The lowest BCUT2D eigenvalue weighted by atomic mass is 10.0. The summed E-state index contributed by atoms with van der Waals surface area (Å²) in [5.74, 6) is 7.64. The zero-order chi connectivity index (χ0) is 21.7. The Morgan fingerprint density at radius 2 is 1.47 bits per heavy atom. The Bertz CT molecular complexity index is 1160. The van der Waals surface area contributed by atoms with E-state index >= 15 is 0 Å². The number of rotatable bonds is 5. The lowest BCUT2D eigenvalue weighted by Gasteiger charge is -2.12. The molecule has 154 valence electrons. The maximum Gasteiger partial charge on any atom is 0.336 e. The van der Waals surface area contributed by atoms with Gasteiger partial charge in [0.1, 0.15) is 0 Å². The Morgan fingerprint density at radius 3 is 2.03 bits per heavy atom. The van der Waals surface area contributed by atoms with Gasteiger partial charge in [-0.25, -0.2) is 4.79 Å². The molecule has 0 bridgehead atoms. The summed E-state index contributed by atoms with van der Waals surface area (Å²) in [6.07, 6.45) is 0. The molecule has 0 saturated carbocycles. The van der Waals surface area contributed by atoms with E-state index < -0.39 is 5.63 Å². The van der Waals surface area contributed by atoms with Crippen LogP contribution in [0.1, 0.15) is 11.3 Å². The van der Waals surface area contributed by atoms with Gasteiger partial charge in [0.05, 0.1) is 28.4 Å². The Labute approximate surface area is 173 Å². The van der Waals surface area contributed by atoms with Crippen LogP contribution in [0.5, 0.6) is 28.7 Å². The summed E-state index contributed by atoms with van der Waals surface area (Å²) in [6, 6.07) is 11.1. The fourth-order valence-electron chi connectivity index (χ4n) is 2.88. The molecule has 3 rings (SSSR count). The van der Waals surface area contributed by atoms with Crippen LogP contribution in [0.15, 0.2) is 51.7 Å². The molecular weight excluding hydrogens is 388 g/mol. The normalized spacial score (nSPS) is 10.0. The Hall–Kier alpha value is -4.05. The summed E-state index contributed by atoms with van der Waals surface area (Å²) in [5.41, 5.74) is 1.20. The predicted octanol–water partition coefficient (Wildman–Crippen LogP) is 3.45. The first-order chi connectivity index (χ1) is 14.5. The molecule has 3 aromatic rings. The van der Waals surface area contributed by atoms with E-state index in [9.17, 15) is 9.90 Å². The van der Waals surface area contributed by atoms with E-state index in [1.165, 1.54) is 40.6 Å². The van der Waals surface area contributed by atoms with Crippen LogP contribution in [0.3, 0.4) is 0 Å². The van der Waals surface area contributed by atoms with Gasteiger partial charge in [-0.3, -0.25) is 0 Å². The van der Waals surface area contributed by atoms with Crippen LogP contribution in [0.4, 0.5) is 0 Å². The minimum atomic E-state index is -0.536. The van der Waals surface area contributed by atoms with Crippen molar-refractivity contribution in [3.63, 3.8) is 0 Å². The number of aromatic hydroxyl groups is 1. The third kappa shape index (κ3) is 4.18. The largest absolute Gasteiger partial charge is 0.504 e. The number of hydrogen-bond donors (Lipinski definition) is 1. The van der Waals surface area contributed by atoms with Crippen LogP contribution < -0.4 is 24.6 Å². The molecule has 0 aliphatic carbocycles. The number of benzene rings is 2. The minimum Gasteiger partial charge on any atom is -0.504 e. The third-order valence-corrected chi connectivity index (χ3v) is 4.31. The molecule has 0 fully saturated rings. The Morgan fingerprint density at radius 1 is 0.800 bits per heavy atom. The molecule has 0 amide bonds. The topological polar surface area (TPSA) is 87.4 Å². The highest BCUT2D eigenvalue weighted by molar-refractivity contribution is 5.71. The molecule has 0 radical (unpaired) electrons. The first kappa shape index (κ1) is 20.7. The SMILES string of the molecule is COc1ccc(-c2ccc(=O)oc2C#Cc2cc(OC)c(OC)c(OC)c2)cc1O. The van der Waals surface area contributed by atoms with Gasteiger partial charge in [-0.2, -0.15) is 0 Å². The van der Waals surface area contributed by atoms with Gasteiger partial charge < -0.3 is 28.5 Å². The summed E-state index contributed by atoms with van der Waals surface area (Å²) in [5, 5.41) is 10.1. The van der Waals surface area contributed by atoms with Crippen molar-refractivity contribution < 1.29 is 28.5 Å². The molecule has 7 heteroatoms. The van der Waals surface area contributed by atoms with Gasteiger partial charge in [0.25, 0.3) is 0 Å². The van der Waals surface area contributed by atoms with E-state index in [-0.39, 0.29) is 11.5 Å². The average molecular weight is 408 g/mol. The number of phenols is 1. The first-order valence-electron chi connectivity index (χ1n) is 8.84. The van der Waals surface area contributed by atoms with Gasteiger partial charge in [0.2, 0.25) is 5.75 Å². The van der Waals surface area contributed by atoms with Crippen molar-refractivity contribution in [2.75, 3.05) is 28.4 Å². The van der Waals surface area contributed by atoms with Crippen molar-refractivity contribution in [2.24, 2.45) is 0 Å². The quantitative estimate of drug-likeness (QED) is 0.647. The summed E-state index contributed by atoms with van der Waals surface area (Å²) < 4.78 is 26.3. The molecule has 1 N–H and O–H groups in total. The van der Waals surface area contributed by atoms with Crippen molar-refractivity contribution in [1.29, 1.82) is 0 Å². The number of methoxy groups -OCH3 is 4. The van der Waals surface area contributed by atoms with Crippen LogP contribution in [0.25, 0.3) is 11.1 Å². The summed E-state index contributed by atoms with van der Waals surface area (Å²) in [6.45, 7) is 0. The molecule has 1 aromatic heterocycles. The maximum atomic E-state index is 11.8. The fourth-order valence-corrected chi connectivity index (χ4v) is 2.88. The third-order valence-electron chi connectivity index (χ3n) is 4.31. The molecule has 30 heavy (non-hydrogen) atoms. The molecule has 1 heterocycles. The summed E-state index contributed by atoms with van der Waals surface area (Å²) in [4.78, 5) is 11.8. The number of ether oxygens (including phenoxy) is 4. The maximum absolute atomic E-state index is 11.8. The Balaban J connectivity index is 2.10. The van der Waals surface area contributed by atoms with Crippen molar-refractivity contribution in [3.8, 4) is 51.7 Å². The lowest BCUT2D eigenvalue weighted by molar-refractivity contribution is 0.324. The van der Waals surface area contributed by atoms with Crippen LogP contribution in [-0.4, -0.2) is 33.5 Å². The first-order valence-corrected chi connectivity index (χ1v) is 8.84. The predicted molar refractivity (Wildman–Crippen MR) is 111 cm³/mol. The van der Waals surface area contributed by atoms with Gasteiger partial charge in [0.15, 0.2) is 28.8 Å². The monoisotopic (exact) mass is 408 g/mol. The molecule has 0 unspecified atom stereocenters. The minimum absolute atomic E-state index is 0.0373. The molecule has 7 nitrogen and oxygen atoms in total. The zero-order valence-electron chi connectivity index (χ0n) is 16.9. The standard InChI is InChI=1S/C23H20O7/c1-26-19-9-6-15(13-17(19)24)16-7-10-22(25)30-18(16)8-5-14-11-20(27-2)23(29-4)21(12-14)28-3/h6-7,9-13,24H,1-4H3. The average Bonchev–Trinajstić information content (AvgIpc) is 2.76. The molecule has 0 saturated heterocycles. The molecule has 2 aromatic carbocycles. The van der Waals surface area contributed by atoms with Crippen molar-refractivity contribution >= 4 is 0 Å². The molecule has 0 aliphatic rings. The number of hydrogen-bond acceptors (Lipinski definition) is 7. The second-order valence-corrected chi connectivity index (χ2v) is 6.05. The smallest absolute Gasteiger partial charge is 0.336 e. The van der Waals surface area contributed by atoms with Crippen LogP contribution in [0, 0.1) is 11.8 Å². The van der Waals surface area contributed by atoms with E-state index in [0.717, 1.165) is 0 Å². The van der Waals surface area contributed by atoms with E-state index in [1.807, 2.05) is 0 Å². The van der Waals surface area contributed by atoms with Crippen molar-refractivity contribution in [1.82, 2.24) is 0 Å². The molecule has 0 atom stereocenters. The highest BCUT2D eigenvalue weighted by Gasteiger charge is 2.13. The van der Waals surface area contributed by atoms with E-state index in [2.05, 4.69) is 11.8 Å². The van der Waals surface area contributed by atoms with E-state index in [0.29, 0.717) is 39.7 Å². The van der Waals surface area contributed by atoms with E-state index in [1.54, 1.807) is 30.3 Å². The highest BCUT2D eigenvalue weighted by atomic mass is 16.5. The molecular formula is C23H20O7. The van der Waals surface area contributed by atoms with Gasteiger partial charge >= 0.3 is 5.63 Å². The van der Waals surface area contributed by atoms with Gasteiger partial charge in [0, 0.05) is 17.2 Å². The zero-order valence-corrected chi connectivity index (χ0v) is 16.9. The van der Waals surface area contributed by atoms with Gasteiger partial charge in [-0.05, 0) is 41.8 Å². The second-order valence-electron chi connectivity index (χ2n) is 6.05. The molecule has 0 spiro atoms. The van der Waals surface area contributed by atoms with Gasteiger partial charge in [-0.1, -0.05) is 12.0 Å². The summed E-state index contributed by atoms with van der Waals surface area (Å²) in [7, 11) is 6.00. The number of phenolic OH excluding ortho intramolecular Hbond substituents is 1. The second kappa shape index (κ2) is 8.97. The van der Waals surface area contributed by atoms with Crippen molar-refractivity contribution in [2.45, 2.75) is 0 Å². The fraction of sp³-hybridized carbons (Fsp3) is 0.174. The van der Waals surface area contributed by atoms with Crippen LogP contribution >= 0.6 is 0 Å². The van der Waals surface area contributed by atoms with Crippen LogP contribution in [0.2, 0.25) is 0 Å². The molecule has 0 aliphatic heterocycles. The summed E-state index contributed by atoms with van der Waals surface area (Å²) >= 11 is 0. The Kier molecular flexibility index (Phi) is 6.18. The van der Waals surface area contributed by atoms with E-state index in [4.69, 9.17) is 23.4 Å². The highest BCUT2D eigenvalue weighted by Crippen LogP contribution is 2.38. The van der Waals surface area contributed by atoms with Gasteiger partial charge in [-0.15, -0.1) is 0 Å².